The Kier molecular flexibility index (Phi) is 14.8. The molecule has 2 amide bonds. The molecule has 3 aromatic rings. The predicted molar refractivity (Wildman–Crippen MR) is 211 cm³/mol. The van der Waals surface area contributed by atoms with Crippen LogP contribution in [-0.2, 0) is 38.2 Å². The monoisotopic (exact) mass is 762 g/mol. The quantitative estimate of drug-likeness (QED) is 0.0898. The van der Waals surface area contributed by atoms with Gasteiger partial charge in [-0.3, -0.25) is 5.32 Å². The van der Waals surface area contributed by atoms with Gasteiger partial charge in [-0.2, -0.15) is 0 Å². The Labute approximate surface area is 325 Å². The van der Waals surface area contributed by atoms with E-state index in [1.54, 1.807) is 43.9 Å². The third-order valence-corrected chi connectivity index (χ3v) is 8.87. The SMILES string of the molecule is Cc1cc(CC2CN(C(=O)OC(C)(C)C)CC2OCCNCCc2cccc(F)c2C(=O)OC(C)(C)C)nc(NC(=O)OC(C)(C)CCc2ccccc2)c1. The van der Waals surface area contributed by atoms with E-state index in [4.69, 9.17) is 23.9 Å². The van der Waals surface area contributed by atoms with Gasteiger partial charge in [0.2, 0.25) is 0 Å². The minimum Gasteiger partial charge on any atom is -0.456 e. The van der Waals surface area contributed by atoms with Gasteiger partial charge in [-0.05, 0) is 129 Å². The van der Waals surface area contributed by atoms with Crippen molar-refractivity contribution >= 4 is 24.0 Å². The summed E-state index contributed by atoms with van der Waals surface area (Å²) in [5.41, 5.74) is 1.27. The van der Waals surface area contributed by atoms with Crippen molar-refractivity contribution in [1.29, 1.82) is 0 Å². The second-order valence-corrected chi connectivity index (χ2v) is 16.8. The first-order valence-electron chi connectivity index (χ1n) is 19.1. The molecule has 2 atom stereocenters. The summed E-state index contributed by atoms with van der Waals surface area (Å²) >= 11 is 0. The number of likely N-dealkylation sites (tertiary alicyclic amines) is 1. The van der Waals surface area contributed by atoms with Crippen LogP contribution in [0.1, 0.15) is 94.6 Å². The third kappa shape index (κ3) is 14.6. The molecule has 0 aliphatic carbocycles. The number of hydrogen-bond donors (Lipinski definition) is 2. The lowest BCUT2D eigenvalue weighted by Gasteiger charge is -2.25. The van der Waals surface area contributed by atoms with E-state index in [-0.39, 0.29) is 17.6 Å². The topological polar surface area (TPSA) is 128 Å². The molecule has 0 bridgehead atoms. The summed E-state index contributed by atoms with van der Waals surface area (Å²) in [6, 6.07) is 18.4. The highest BCUT2D eigenvalue weighted by Crippen LogP contribution is 2.27. The van der Waals surface area contributed by atoms with Crippen molar-refractivity contribution < 1.29 is 37.7 Å². The van der Waals surface area contributed by atoms with Crippen molar-refractivity contribution in [3.05, 3.63) is 94.4 Å². The molecule has 300 valence electrons. The number of pyridine rings is 1. The number of aryl methyl sites for hydroxylation is 2. The van der Waals surface area contributed by atoms with E-state index in [1.807, 2.05) is 65.8 Å². The van der Waals surface area contributed by atoms with Crippen LogP contribution in [0.3, 0.4) is 0 Å². The molecule has 12 heteroatoms. The number of benzene rings is 2. The Morgan fingerprint density at radius 3 is 2.25 bits per heavy atom. The van der Waals surface area contributed by atoms with E-state index >= 15 is 0 Å². The number of hydrogen-bond acceptors (Lipinski definition) is 9. The molecule has 2 aromatic carbocycles. The molecular formula is C43H59FN4O7. The maximum absolute atomic E-state index is 14.7. The van der Waals surface area contributed by atoms with Crippen molar-refractivity contribution in [2.75, 3.05) is 38.1 Å². The summed E-state index contributed by atoms with van der Waals surface area (Å²) in [4.78, 5) is 45.2. The van der Waals surface area contributed by atoms with Gasteiger partial charge in [-0.15, -0.1) is 0 Å². The van der Waals surface area contributed by atoms with Gasteiger partial charge in [0.25, 0.3) is 0 Å². The van der Waals surface area contributed by atoms with Crippen LogP contribution in [0.2, 0.25) is 0 Å². The van der Waals surface area contributed by atoms with Gasteiger partial charge in [-0.1, -0.05) is 42.5 Å². The fourth-order valence-electron chi connectivity index (χ4n) is 6.37. The number of ether oxygens (including phenoxy) is 4. The normalized spacial score (nSPS) is 16.1. The number of aromatic nitrogens is 1. The molecule has 11 nitrogen and oxygen atoms in total. The predicted octanol–water partition coefficient (Wildman–Crippen LogP) is 8.07. The smallest absolute Gasteiger partial charge is 0.413 e. The molecule has 4 rings (SSSR count). The molecule has 1 aliphatic heterocycles. The maximum Gasteiger partial charge on any atom is 0.413 e. The van der Waals surface area contributed by atoms with Crippen LogP contribution in [-0.4, -0.2) is 83.7 Å². The molecule has 0 radical (unpaired) electrons. The molecule has 2 N–H and O–H groups in total. The number of anilines is 1. The standard InChI is InChI=1S/C43H59FN4O7/c1-29-24-33(46-36(25-29)47-39(50)54-43(8,9)20-18-30-14-11-10-12-15-30)26-32-27-48(40(51)55-42(5,6)7)28-35(32)52-23-22-45-21-19-31-16-13-17-34(44)37(31)38(49)53-41(2,3)4/h10-17,24-25,32,35,45H,18-23,26-28H2,1-9H3,(H,46,47,50). The summed E-state index contributed by atoms with van der Waals surface area (Å²) in [5.74, 6) is -1.01. The van der Waals surface area contributed by atoms with Gasteiger partial charge in [-0.25, -0.2) is 23.8 Å². The van der Waals surface area contributed by atoms with Crippen molar-refractivity contribution in [2.45, 2.75) is 111 Å². The van der Waals surface area contributed by atoms with E-state index in [0.29, 0.717) is 63.4 Å². The number of nitrogens with one attached hydrogen (secondary N) is 2. The lowest BCUT2D eigenvalue weighted by molar-refractivity contribution is 0.00625. The molecule has 1 aromatic heterocycles. The van der Waals surface area contributed by atoms with Gasteiger partial charge in [0, 0.05) is 24.7 Å². The summed E-state index contributed by atoms with van der Waals surface area (Å²) in [7, 11) is 0. The number of nitrogens with zero attached hydrogens (tertiary/aromatic N) is 2. The Morgan fingerprint density at radius 2 is 1.56 bits per heavy atom. The third-order valence-electron chi connectivity index (χ3n) is 8.87. The highest BCUT2D eigenvalue weighted by molar-refractivity contribution is 5.91. The minimum absolute atomic E-state index is 0.0470. The summed E-state index contributed by atoms with van der Waals surface area (Å²) in [6.45, 7) is 18.5. The van der Waals surface area contributed by atoms with Gasteiger partial charge >= 0.3 is 18.2 Å². The lowest BCUT2D eigenvalue weighted by atomic mass is 9.98. The first-order valence-corrected chi connectivity index (χ1v) is 19.1. The van der Waals surface area contributed by atoms with Gasteiger partial charge < -0.3 is 29.2 Å². The zero-order chi connectivity index (χ0) is 40.4. The van der Waals surface area contributed by atoms with Crippen LogP contribution in [0.5, 0.6) is 0 Å². The van der Waals surface area contributed by atoms with E-state index in [0.717, 1.165) is 17.7 Å². The van der Waals surface area contributed by atoms with E-state index in [9.17, 15) is 18.8 Å². The minimum atomic E-state index is -0.744. The highest BCUT2D eigenvalue weighted by atomic mass is 19.1. The Morgan fingerprint density at radius 1 is 0.855 bits per heavy atom. The molecule has 2 heterocycles. The molecule has 55 heavy (non-hydrogen) atoms. The van der Waals surface area contributed by atoms with Crippen molar-refractivity contribution in [1.82, 2.24) is 15.2 Å². The van der Waals surface area contributed by atoms with Crippen molar-refractivity contribution in [3.63, 3.8) is 0 Å². The Bertz CT molecular complexity index is 1750. The van der Waals surface area contributed by atoms with Crippen LogP contribution in [0, 0.1) is 18.7 Å². The molecule has 1 fully saturated rings. The number of amides is 2. The Hall–Kier alpha value is -4.55. The number of halogens is 1. The number of carbonyl (C=O) groups excluding carboxylic acids is 3. The first-order chi connectivity index (χ1) is 25.8. The average molecular weight is 763 g/mol. The van der Waals surface area contributed by atoms with Gasteiger partial charge in [0.1, 0.15) is 28.4 Å². The maximum atomic E-state index is 14.7. The second-order valence-electron chi connectivity index (χ2n) is 16.8. The first kappa shape index (κ1) is 43.2. The van der Waals surface area contributed by atoms with E-state index in [1.165, 1.54) is 11.6 Å². The van der Waals surface area contributed by atoms with Crippen molar-refractivity contribution in [2.24, 2.45) is 5.92 Å². The van der Waals surface area contributed by atoms with Gasteiger partial charge in [0.15, 0.2) is 0 Å². The van der Waals surface area contributed by atoms with E-state index < -0.39 is 40.8 Å². The molecular weight excluding hydrogens is 703 g/mol. The zero-order valence-electron chi connectivity index (χ0n) is 33.9. The van der Waals surface area contributed by atoms with Crippen LogP contribution < -0.4 is 10.6 Å². The summed E-state index contributed by atoms with van der Waals surface area (Å²) in [5, 5.41) is 6.13. The van der Waals surface area contributed by atoms with Gasteiger partial charge in [0.05, 0.1) is 24.8 Å². The summed E-state index contributed by atoms with van der Waals surface area (Å²) in [6.07, 6.45) is 1.07. The van der Waals surface area contributed by atoms with E-state index in [2.05, 4.69) is 22.8 Å². The fourth-order valence-corrected chi connectivity index (χ4v) is 6.37. The largest absolute Gasteiger partial charge is 0.456 e. The zero-order valence-corrected chi connectivity index (χ0v) is 33.9. The Balaban J connectivity index is 1.35. The molecule has 1 aliphatic rings. The molecule has 1 saturated heterocycles. The number of carbonyl (C=O) groups is 3. The van der Waals surface area contributed by atoms with Crippen LogP contribution in [0.4, 0.5) is 19.8 Å². The fraction of sp³-hybridized carbons (Fsp3) is 0.535. The number of rotatable bonds is 15. The molecule has 0 saturated carbocycles. The van der Waals surface area contributed by atoms with Crippen LogP contribution >= 0.6 is 0 Å². The van der Waals surface area contributed by atoms with Crippen molar-refractivity contribution in [3.8, 4) is 0 Å². The molecule has 2 unspecified atom stereocenters. The second kappa shape index (κ2) is 18.9. The van der Waals surface area contributed by atoms with Crippen LogP contribution in [0.15, 0.2) is 60.7 Å². The van der Waals surface area contributed by atoms with Crippen LogP contribution in [0.25, 0.3) is 0 Å². The average Bonchev–Trinajstić information content (AvgIpc) is 3.46. The highest BCUT2D eigenvalue weighted by Gasteiger charge is 2.38. The lowest BCUT2D eigenvalue weighted by Crippen LogP contribution is -2.36. The summed E-state index contributed by atoms with van der Waals surface area (Å²) < 4.78 is 37.9. The number of esters is 1. The molecule has 0 spiro atoms.